The number of thioether (sulfide) groups is 1. The van der Waals surface area contributed by atoms with E-state index in [0.717, 1.165) is 23.6 Å². The van der Waals surface area contributed by atoms with Crippen LogP contribution in [0, 0.1) is 5.92 Å². The van der Waals surface area contributed by atoms with Gasteiger partial charge in [0.05, 0.1) is 10.4 Å². The van der Waals surface area contributed by atoms with Crippen LogP contribution in [0.5, 0.6) is 0 Å². The summed E-state index contributed by atoms with van der Waals surface area (Å²) in [5, 5.41) is 4.56. The number of rotatable bonds is 7. The second-order valence-electron chi connectivity index (χ2n) is 8.04. The van der Waals surface area contributed by atoms with Crippen LogP contribution < -0.4 is 0 Å². The normalized spacial score (nSPS) is 13.0. The maximum atomic E-state index is 12.7. The molecule has 0 unspecified atom stereocenters. The average molecular weight is 325 g/mol. The van der Waals surface area contributed by atoms with Crippen LogP contribution in [0.2, 0.25) is 0 Å². The summed E-state index contributed by atoms with van der Waals surface area (Å²) in [5.41, 5.74) is 2.07. The fourth-order valence-electron chi connectivity index (χ4n) is 2.05. The zero-order valence-electron chi connectivity index (χ0n) is 15.5. The van der Waals surface area contributed by atoms with Gasteiger partial charge >= 0.3 is 0 Å². The quantitative estimate of drug-likeness (QED) is 0.746. The largest absolute Gasteiger partial charge is 0.298 e. The number of aryl methyl sites for hydroxylation is 1. The lowest BCUT2D eigenvalue weighted by molar-refractivity contribution is -0.120. The van der Waals surface area contributed by atoms with Crippen LogP contribution in [-0.4, -0.2) is 26.1 Å². The van der Waals surface area contributed by atoms with Gasteiger partial charge in [-0.1, -0.05) is 34.6 Å². The lowest BCUT2D eigenvalue weighted by Gasteiger charge is -2.23. The molecule has 4 heteroatoms. The van der Waals surface area contributed by atoms with Gasteiger partial charge in [-0.25, -0.2) is 0 Å². The standard InChI is InChI=1S/C18H32N2OS/c1-13(2)9-10-22-18(6,7)16(21)12-14-11-15(17(3,4)5)19-20(14)8/h11,13H,9-10,12H2,1-8H3. The fourth-order valence-corrected chi connectivity index (χ4v) is 3.38. The molecule has 0 radical (unpaired) electrons. The molecule has 0 bridgehead atoms. The van der Waals surface area contributed by atoms with Crippen molar-refractivity contribution in [2.75, 3.05) is 5.75 Å². The van der Waals surface area contributed by atoms with Crippen molar-refractivity contribution in [3.05, 3.63) is 17.5 Å². The van der Waals surface area contributed by atoms with Gasteiger partial charge in [0.2, 0.25) is 0 Å². The Hall–Kier alpha value is -0.770. The van der Waals surface area contributed by atoms with Crippen molar-refractivity contribution in [1.82, 2.24) is 9.78 Å². The lowest BCUT2D eigenvalue weighted by atomic mass is 9.92. The van der Waals surface area contributed by atoms with E-state index in [0.29, 0.717) is 12.3 Å². The minimum absolute atomic E-state index is 0.0145. The second kappa shape index (κ2) is 7.20. The fraction of sp³-hybridized carbons (Fsp3) is 0.778. The Morgan fingerprint density at radius 3 is 2.32 bits per heavy atom. The highest BCUT2D eigenvalue weighted by atomic mass is 32.2. The first kappa shape index (κ1) is 19.3. The molecule has 1 aromatic rings. The van der Waals surface area contributed by atoms with E-state index in [1.165, 1.54) is 0 Å². The molecule has 0 amide bonds. The SMILES string of the molecule is CC(C)CCSC(C)(C)C(=O)Cc1cc(C(C)(C)C)nn1C. The van der Waals surface area contributed by atoms with Crippen LogP contribution in [0.25, 0.3) is 0 Å². The molecule has 0 atom stereocenters. The first-order chi connectivity index (χ1) is 9.93. The minimum Gasteiger partial charge on any atom is -0.298 e. The van der Waals surface area contributed by atoms with Crippen molar-refractivity contribution in [3.8, 4) is 0 Å². The molecule has 0 saturated heterocycles. The van der Waals surface area contributed by atoms with Gasteiger partial charge in [0, 0.05) is 24.6 Å². The molecule has 0 saturated carbocycles. The topological polar surface area (TPSA) is 34.9 Å². The first-order valence-corrected chi connectivity index (χ1v) is 9.12. The van der Waals surface area contributed by atoms with Gasteiger partial charge in [0.25, 0.3) is 0 Å². The Bertz CT molecular complexity index is 510. The van der Waals surface area contributed by atoms with Crippen molar-refractivity contribution in [1.29, 1.82) is 0 Å². The predicted octanol–water partition coefficient (Wildman–Crippen LogP) is 4.39. The van der Waals surface area contributed by atoms with Crippen LogP contribution in [0.1, 0.15) is 66.3 Å². The summed E-state index contributed by atoms with van der Waals surface area (Å²) in [4.78, 5) is 12.7. The van der Waals surface area contributed by atoms with Gasteiger partial charge in [-0.15, -0.1) is 11.8 Å². The number of ketones is 1. The molecule has 0 spiro atoms. The van der Waals surface area contributed by atoms with Gasteiger partial charge in [0.1, 0.15) is 0 Å². The number of aromatic nitrogens is 2. The van der Waals surface area contributed by atoms with Crippen LogP contribution in [0.4, 0.5) is 0 Å². The number of Topliss-reactive ketones (excluding diaryl/α,β-unsaturated/α-hetero) is 1. The summed E-state index contributed by atoms with van der Waals surface area (Å²) in [7, 11) is 1.93. The molecular formula is C18H32N2OS. The Labute approximate surface area is 140 Å². The Morgan fingerprint density at radius 1 is 1.27 bits per heavy atom. The van der Waals surface area contributed by atoms with E-state index in [1.807, 2.05) is 25.6 Å². The average Bonchev–Trinajstić information content (AvgIpc) is 2.70. The van der Waals surface area contributed by atoms with E-state index in [1.54, 1.807) is 11.8 Å². The van der Waals surface area contributed by atoms with E-state index in [9.17, 15) is 4.79 Å². The summed E-state index contributed by atoms with van der Waals surface area (Å²) in [6.45, 7) is 15.0. The predicted molar refractivity (Wildman–Crippen MR) is 96.6 cm³/mol. The third kappa shape index (κ3) is 5.45. The smallest absolute Gasteiger partial charge is 0.154 e. The molecule has 1 heterocycles. The van der Waals surface area contributed by atoms with E-state index >= 15 is 0 Å². The minimum atomic E-state index is -0.332. The summed E-state index contributed by atoms with van der Waals surface area (Å²) in [5.74, 6) is 2.00. The molecule has 0 N–H and O–H groups in total. The molecule has 0 fully saturated rings. The molecule has 0 aliphatic rings. The third-order valence-corrected chi connectivity index (χ3v) is 5.31. The van der Waals surface area contributed by atoms with E-state index in [4.69, 9.17) is 0 Å². The zero-order chi connectivity index (χ0) is 17.1. The monoisotopic (exact) mass is 324 g/mol. The molecule has 0 aliphatic carbocycles. The van der Waals surface area contributed by atoms with Gasteiger partial charge < -0.3 is 0 Å². The van der Waals surface area contributed by atoms with Crippen LogP contribution in [0.3, 0.4) is 0 Å². The summed E-state index contributed by atoms with van der Waals surface area (Å²) >= 11 is 1.77. The molecule has 1 rings (SSSR count). The summed E-state index contributed by atoms with van der Waals surface area (Å²) in [6.07, 6.45) is 1.61. The van der Waals surface area contributed by atoms with E-state index in [2.05, 4.69) is 45.8 Å². The maximum Gasteiger partial charge on any atom is 0.154 e. The van der Waals surface area contributed by atoms with Crippen LogP contribution >= 0.6 is 11.8 Å². The molecule has 0 aromatic carbocycles. The van der Waals surface area contributed by atoms with Crippen molar-refractivity contribution >= 4 is 17.5 Å². The van der Waals surface area contributed by atoms with Gasteiger partial charge in [-0.3, -0.25) is 9.48 Å². The van der Waals surface area contributed by atoms with Crippen LogP contribution in [0.15, 0.2) is 6.07 Å². The Kier molecular flexibility index (Phi) is 6.31. The Balaban J connectivity index is 2.73. The van der Waals surface area contributed by atoms with Crippen molar-refractivity contribution in [2.45, 2.75) is 71.5 Å². The summed E-state index contributed by atoms with van der Waals surface area (Å²) in [6, 6.07) is 2.08. The van der Waals surface area contributed by atoms with Gasteiger partial charge in [-0.2, -0.15) is 5.10 Å². The lowest BCUT2D eigenvalue weighted by Crippen LogP contribution is -2.30. The number of carbonyl (C=O) groups is 1. The number of carbonyl (C=O) groups excluding carboxylic acids is 1. The highest BCUT2D eigenvalue weighted by molar-refractivity contribution is 8.01. The van der Waals surface area contributed by atoms with E-state index < -0.39 is 0 Å². The molecule has 126 valence electrons. The van der Waals surface area contributed by atoms with Crippen molar-refractivity contribution in [2.24, 2.45) is 13.0 Å². The molecule has 3 nitrogen and oxygen atoms in total. The van der Waals surface area contributed by atoms with Crippen molar-refractivity contribution in [3.63, 3.8) is 0 Å². The van der Waals surface area contributed by atoms with Gasteiger partial charge in [0.15, 0.2) is 5.78 Å². The molecular weight excluding hydrogens is 292 g/mol. The molecule has 1 aromatic heterocycles. The van der Waals surface area contributed by atoms with Gasteiger partial charge in [-0.05, 0) is 38.0 Å². The highest BCUT2D eigenvalue weighted by Gasteiger charge is 2.29. The molecule has 0 aliphatic heterocycles. The Morgan fingerprint density at radius 2 is 1.86 bits per heavy atom. The first-order valence-electron chi connectivity index (χ1n) is 8.14. The number of hydrogen-bond donors (Lipinski definition) is 0. The summed E-state index contributed by atoms with van der Waals surface area (Å²) < 4.78 is 1.52. The second-order valence-corrected chi connectivity index (χ2v) is 9.75. The number of nitrogens with zero attached hydrogens (tertiary/aromatic N) is 2. The zero-order valence-corrected chi connectivity index (χ0v) is 16.3. The molecule has 22 heavy (non-hydrogen) atoms. The van der Waals surface area contributed by atoms with Crippen LogP contribution in [-0.2, 0) is 23.7 Å². The maximum absolute atomic E-state index is 12.7. The highest BCUT2D eigenvalue weighted by Crippen LogP contribution is 2.29. The van der Waals surface area contributed by atoms with Crippen molar-refractivity contribution < 1.29 is 4.79 Å². The third-order valence-electron chi connectivity index (χ3n) is 3.92. The number of hydrogen-bond acceptors (Lipinski definition) is 3. The van der Waals surface area contributed by atoms with E-state index in [-0.39, 0.29) is 15.9 Å².